The van der Waals surface area contributed by atoms with Crippen LogP contribution in [0.15, 0.2) is 18.2 Å². The molecule has 1 N–H and O–H groups in total. The molecule has 7 heteroatoms. The lowest BCUT2D eigenvalue weighted by Gasteiger charge is -2.32. The Kier molecular flexibility index (Phi) is 6.54. The van der Waals surface area contributed by atoms with Crippen molar-refractivity contribution < 1.29 is 14.3 Å². The zero-order chi connectivity index (χ0) is 20.1. The Morgan fingerprint density at radius 2 is 1.96 bits per heavy atom. The van der Waals surface area contributed by atoms with E-state index >= 15 is 0 Å². The summed E-state index contributed by atoms with van der Waals surface area (Å²) in [6.45, 7) is 5.57. The molecule has 1 saturated heterocycles. The van der Waals surface area contributed by atoms with Gasteiger partial charge in [-0.2, -0.15) is 5.10 Å². The van der Waals surface area contributed by atoms with Gasteiger partial charge in [0.1, 0.15) is 5.82 Å². The highest BCUT2D eigenvalue weighted by molar-refractivity contribution is 5.79. The molecule has 28 heavy (non-hydrogen) atoms. The normalized spacial score (nSPS) is 16.1. The predicted octanol–water partition coefficient (Wildman–Crippen LogP) is 2.97. The van der Waals surface area contributed by atoms with E-state index in [2.05, 4.69) is 22.1 Å². The number of hydrogen-bond donors (Lipinski definition) is 1. The van der Waals surface area contributed by atoms with Gasteiger partial charge in [0.2, 0.25) is 5.91 Å². The number of amides is 1. The molecule has 1 unspecified atom stereocenters. The predicted molar refractivity (Wildman–Crippen MR) is 107 cm³/mol. The molecule has 1 aromatic heterocycles. The van der Waals surface area contributed by atoms with Gasteiger partial charge in [-0.3, -0.25) is 9.89 Å². The van der Waals surface area contributed by atoms with Crippen LogP contribution in [0.5, 0.6) is 11.5 Å². The molecule has 1 fully saturated rings. The number of nitrogens with one attached hydrogen (secondary N) is 1. The number of aryl methyl sites for hydroxylation is 1. The van der Waals surface area contributed by atoms with Crippen LogP contribution in [0.4, 0.5) is 0 Å². The minimum Gasteiger partial charge on any atom is -0.493 e. The fourth-order valence-corrected chi connectivity index (χ4v) is 3.77. The van der Waals surface area contributed by atoms with Crippen molar-refractivity contribution >= 4 is 5.91 Å². The van der Waals surface area contributed by atoms with Crippen LogP contribution < -0.4 is 9.47 Å². The molecule has 152 valence electrons. The lowest BCUT2D eigenvalue weighted by molar-refractivity contribution is -0.136. The van der Waals surface area contributed by atoms with Crippen molar-refractivity contribution in [2.24, 2.45) is 5.92 Å². The number of carbonyl (C=O) groups is 1. The minimum atomic E-state index is -0.0788. The van der Waals surface area contributed by atoms with Crippen LogP contribution in [0.2, 0.25) is 0 Å². The van der Waals surface area contributed by atoms with E-state index in [1.807, 2.05) is 30.0 Å². The third-order valence-electron chi connectivity index (χ3n) is 5.47. The van der Waals surface area contributed by atoms with Crippen molar-refractivity contribution in [3.8, 4) is 11.5 Å². The summed E-state index contributed by atoms with van der Waals surface area (Å²) in [5.41, 5.74) is 1.07. The largest absolute Gasteiger partial charge is 0.493 e. The van der Waals surface area contributed by atoms with Gasteiger partial charge in [-0.25, -0.2) is 4.98 Å². The van der Waals surface area contributed by atoms with Gasteiger partial charge in [0.05, 0.1) is 14.2 Å². The van der Waals surface area contributed by atoms with Gasteiger partial charge >= 0.3 is 0 Å². The van der Waals surface area contributed by atoms with E-state index in [0.717, 1.165) is 49.6 Å². The molecule has 1 aliphatic heterocycles. The first-order chi connectivity index (χ1) is 13.5. The van der Waals surface area contributed by atoms with Crippen LogP contribution in [-0.2, 0) is 17.6 Å². The van der Waals surface area contributed by atoms with Gasteiger partial charge in [-0.15, -0.1) is 0 Å². The molecular formula is C21H30N4O3. The number of aromatic nitrogens is 3. The van der Waals surface area contributed by atoms with Gasteiger partial charge in [-0.1, -0.05) is 19.9 Å². The second-order valence-corrected chi connectivity index (χ2v) is 7.39. The Labute approximate surface area is 166 Å². The number of piperidine rings is 1. The van der Waals surface area contributed by atoms with Gasteiger partial charge in [0.25, 0.3) is 0 Å². The first-order valence-electron chi connectivity index (χ1n) is 9.96. The van der Waals surface area contributed by atoms with Crippen LogP contribution in [0, 0.1) is 5.92 Å². The number of aromatic amines is 1. The third-order valence-corrected chi connectivity index (χ3v) is 5.47. The molecule has 2 aromatic rings. The van der Waals surface area contributed by atoms with E-state index in [4.69, 9.17) is 9.47 Å². The molecule has 0 bridgehead atoms. The Hall–Kier alpha value is -2.57. The molecule has 3 rings (SSSR count). The third kappa shape index (κ3) is 4.46. The molecule has 1 aromatic carbocycles. The van der Waals surface area contributed by atoms with Crippen molar-refractivity contribution in [1.29, 1.82) is 0 Å². The van der Waals surface area contributed by atoms with E-state index in [-0.39, 0.29) is 11.8 Å². The van der Waals surface area contributed by atoms with Crippen molar-refractivity contribution in [2.45, 2.75) is 45.4 Å². The van der Waals surface area contributed by atoms with Crippen molar-refractivity contribution in [1.82, 2.24) is 20.1 Å². The van der Waals surface area contributed by atoms with Gasteiger partial charge in [0.15, 0.2) is 17.3 Å². The maximum Gasteiger partial charge on any atom is 0.225 e. The molecule has 2 heterocycles. The number of benzene rings is 1. The summed E-state index contributed by atoms with van der Waals surface area (Å²) < 4.78 is 10.6. The summed E-state index contributed by atoms with van der Waals surface area (Å²) in [4.78, 5) is 19.4. The Morgan fingerprint density at radius 3 is 2.57 bits per heavy atom. The van der Waals surface area contributed by atoms with Gasteiger partial charge in [-0.05, 0) is 37.0 Å². The summed E-state index contributed by atoms with van der Waals surface area (Å²) in [7, 11) is 3.24. The Balaban J connectivity index is 1.55. The van der Waals surface area contributed by atoms with Crippen molar-refractivity contribution in [3.63, 3.8) is 0 Å². The first-order valence-corrected chi connectivity index (χ1v) is 9.96. The number of hydrogen-bond acceptors (Lipinski definition) is 5. The number of nitrogens with zero attached hydrogens (tertiary/aromatic N) is 3. The molecule has 7 nitrogen and oxygen atoms in total. The topological polar surface area (TPSA) is 80.3 Å². The molecule has 1 aliphatic rings. The number of H-pyrrole nitrogens is 1. The fraction of sp³-hybridized carbons (Fsp3) is 0.571. The zero-order valence-electron chi connectivity index (χ0n) is 17.2. The second kappa shape index (κ2) is 9.08. The van der Waals surface area contributed by atoms with E-state index in [1.54, 1.807) is 14.2 Å². The van der Waals surface area contributed by atoms with Gasteiger partial charge in [0, 0.05) is 31.3 Å². The highest BCUT2D eigenvalue weighted by Crippen LogP contribution is 2.30. The molecule has 0 spiro atoms. The number of methoxy groups -OCH3 is 2. The second-order valence-electron chi connectivity index (χ2n) is 7.39. The van der Waals surface area contributed by atoms with E-state index < -0.39 is 0 Å². The average molecular weight is 386 g/mol. The molecule has 1 amide bonds. The van der Waals surface area contributed by atoms with E-state index in [1.165, 1.54) is 0 Å². The highest BCUT2D eigenvalue weighted by atomic mass is 16.5. The number of ether oxygens (including phenoxy) is 2. The summed E-state index contributed by atoms with van der Waals surface area (Å²) in [6, 6.07) is 5.83. The maximum absolute atomic E-state index is 12.9. The smallest absolute Gasteiger partial charge is 0.225 e. The van der Waals surface area contributed by atoms with E-state index in [0.29, 0.717) is 23.8 Å². The minimum absolute atomic E-state index is 0.0788. The Bertz CT molecular complexity index is 797. The quantitative estimate of drug-likeness (QED) is 0.791. The molecule has 0 saturated carbocycles. The molecule has 0 aliphatic carbocycles. The van der Waals surface area contributed by atoms with Crippen LogP contribution >= 0.6 is 0 Å². The molecule has 1 atom stereocenters. The van der Waals surface area contributed by atoms with Gasteiger partial charge < -0.3 is 14.4 Å². The number of likely N-dealkylation sites (tertiary alicyclic amines) is 1. The monoisotopic (exact) mass is 386 g/mol. The molecular weight excluding hydrogens is 356 g/mol. The average Bonchev–Trinajstić information content (AvgIpc) is 3.22. The lowest BCUT2D eigenvalue weighted by Crippen LogP contribution is -2.41. The van der Waals surface area contributed by atoms with Crippen LogP contribution in [-0.4, -0.2) is 53.3 Å². The SMILES string of the molecule is CCc1nc(C2CCN(C(=O)C(C)Cc3ccc(OC)c(OC)c3)CC2)n[nH]1. The van der Waals surface area contributed by atoms with Crippen LogP contribution in [0.3, 0.4) is 0 Å². The lowest BCUT2D eigenvalue weighted by atomic mass is 9.93. The Morgan fingerprint density at radius 1 is 1.25 bits per heavy atom. The van der Waals surface area contributed by atoms with Crippen LogP contribution in [0.25, 0.3) is 0 Å². The number of carbonyl (C=O) groups excluding carboxylic acids is 1. The summed E-state index contributed by atoms with van der Waals surface area (Å²) in [6.07, 6.45) is 3.36. The summed E-state index contributed by atoms with van der Waals surface area (Å²) in [5, 5.41) is 7.33. The number of rotatable bonds is 7. The van der Waals surface area contributed by atoms with Crippen molar-refractivity contribution in [3.05, 3.63) is 35.4 Å². The zero-order valence-corrected chi connectivity index (χ0v) is 17.2. The fourth-order valence-electron chi connectivity index (χ4n) is 3.77. The highest BCUT2D eigenvalue weighted by Gasteiger charge is 2.28. The molecule has 0 radical (unpaired) electrons. The summed E-state index contributed by atoms with van der Waals surface area (Å²) >= 11 is 0. The first kappa shape index (κ1) is 20.2. The standard InChI is InChI=1S/C21H30N4O3/c1-5-19-22-20(24-23-19)16-8-10-25(11-9-16)21(26)14(2)12-15-6-7-17(27-3)18(13-15)28-4/h6-7,13-14,16H,5,8-12H2,1-4H3,(H,22,23,24). The van der Waals surface area contributed by atoms with E-state index in [9.17, 15) is 4.79 Å². The maximum atomic E-state index is 12.9. The summed E-state index contributed by atoms with van der Waals surface area (Å²) in [5.74, 6) is 3.67. The van der Waals surface area contributed by atoms with Crippen LogP contribution in [0.1, 0.15) is 49.8 Å². The van der Waals surface area contributed by atoms with Crippen molar-refractivity contribution in [2.75, 3.05) is 27.3 Å².